The minimum atomic E-state index is 1.04. The summed E-state index contributed by atoms with van der Waals surface area (Å²) in [5, 5.41) is 0. The highest BCUT2D eigenvalue weighted by molar-refractivity contribution is 5.79. The van der Waals surface area contributed by atoms with E-state index < -0.39 is 0 Å². The monoisotopic (exact) mass is 277 g/mol. The molecule has 1 aliphatic heterocycles. The number of fused-ring (bicyclic) bond motifs is 3. The molecule has 2 nitrogen and oxygen atoms in total. The Bertz CT molecular complexity index is 662. The first kappa shape index (κ1) is 12.9. The van der Waals surface area contributed by atoms with Crippen LogP contribution in [0.1, 0.15) is 17.5 Å². The maximum atomic E-state index is 3.39. The summed E-state index contributed by atoms with van der Waals surface area (Å²) in [5.41, 5.74) is 6.96. The lowest BCUT2D eigenvalue weighted by atomic mass is 10.0. The molecule has 0 unspecified atom stereocenters. The van der Waals surface area contributed by atoms with Crippen LogP contribution < -0.4 is 4.90 Å². The summed E-state index contributed by atoms with van der Waals surface area (Å²) >= 11 is 0. The molecule has 4 rings (SSSR count). The Hall–Kier alpha value is -1.80. The van der Waals surface area contributed by atoms with Gasteiger partial charge in [0.15, 0.2) is 0 Å². The number of rotatable bonds is 1. The van der Waals surface area contributed by atoms with Crippen molar-refractivity contribution in [2.45, 2.75) is 12.8 Å². The van der Waals surface area contributed by atoms with Crippen LogP contribution in [0.15, 0.2) is 36.4 Å². The van der Waals surface area contributed by atoms with Crippen LogP contribution in [0.4, 0.5) is 5.69 Å². The SMILES string of the molecule is CN1CCCN(c2ccc3c(c2)-c2ccc[c]c2C3)CC1. The smallest absolute Gasteiger partial charge is 0.0373 e. The minimum absolute atomic E-state index is 1.04. The number of likely N-dealkylation sites (N-methyl/N-ethyl adjacent to an activating group) is 1. The zero-order valence-corrected chi connectivity index (χ0v) is 12.6. The van der Waals surface area contributed by atoms with Gasteiger partial charge in [-0.05, 0) is 66.9 Å². The van der Waals surface area contributed by atoms with Crippen molar-refractivity contribution in [1.29, 1.82) is 0 Å². The molecule has 0 spiro atoms. The highest BCUT2D eigenvalue weighted by atomic mass is 15.2. The normalized spacial score (nSPS) is 18.2. The molecule has 0 saturated carbocycles. The van der Waals surface area contributed by atoms with E-state index in [4.69, 9.17) is 0 Å². The fourth-order valence-corrected chi connectivity index (χ4v) is 3.53. The molecule has 1 saturated heterocycles. The van der Waals surface area contributed by atoms with Gasteiger partial charge < -0.3 is 9.80 Å². The largest absolute Gasteiger partial charge is 0.370 e. The van der Waals surface area contributed by atoms with Gasteiger partial charge >= 0.3 is 0 Å². The first-order chi connectivity index (χ1) is 10.3. The predicted octanol–water partition coefficient (Wildman–Crippen LogP) is 3.20. The molecule has 0 bridgehead atoms. The van der Waals surface area contributed by atoms with E-state index in [1.165, 1.54) is 40.9 Å². The topological polar surface area (TPSA) is 6.48 Å². The molecule has 0 N–H and O–H groups in total. The Morgan fingerprint density at radius 3 is 2.90 bits per heavy atom. The first-order valence-electron chi connectivity index (χ1n) is 7.87. The van der Waals surface area contributed by atoms with Crippen LogP contribution >= 0.6 is 0 Å². The standard InChI is InChI=1S/C19H21N2/c1-20-9-4-10-21(12-11-20)17-8-7-16-13-15-5-2-3-6-18(15)19(16)14-17/h2-3,6-8,14H,4,9-13H2,1H3. The van der Waals surface area contributed by atoms with Crippen LogP contribution in [-0.4, -0.2) is 38.1 Å². The van der Waals surface area contributed by atoms with Gasteiger partial charge in [-0.2, -0.15) is 0 Å². The van der Waals surface area contributed by atoms with E-state index in [1.54, 1.807) is 0 Å². The zero-order chi connectivity index (χ0) is 14.2. The molecule has 1 radical (unpaired) electrons. The highest BCUT2D eigenvalue weighted by Gasteiger charge is 2.20. The Balaban J connectivity index is 1.68. The molecular weight excluding hydrogens is 256 g/mol. The second-order valence-corrected chi connectivity index (χ2v) is 6.22. The van der Waals surface area contributed by atoms with E-state index in [0.717, 1.165) is 26.1 Å². The lowest BCUT2D eigenvalue weighted by molar-refractivity contribution is 0.360. The van der Waals surface area contributed by atoms with Crippen LogP contribution in [0.25, 0.3) is 11.1 Å². The zero-order valence-electron chi connectivity index (χ0n) is 12.6. The molecule has 107 valence electrons. The number of benzene rings is 2. The van der Waals surface area contributed by atoms with Crippen molar-refractivity contribution < 1.29 is 0 Å². The van der Waals surface area contributed by atoms with E-state index in [2.05, 4.69) is 53.2 Å². The van der Waals surface area contributed by atoms with Gasteiger partial charge in [-0.25, -0.2) is 0 Å². The van der Waals surface area contributed by atoms with Gasteiger partial charge in [0.05, 0.1) is 0 Å². The van der Waals surface area contributed by atoms with Gasteiger partial charge in [0.25, 0.3) is 0 Å². The maximum absolute atomic E-state index is 3.39. The van der Waals surface area contributed by atoms with Gasteiger partial charge in [-0.15, -0.1) is 0 Å². The van der Waals surface area contributed by atoms with Gasteiger partial charge in [-0.3, -0.25) is 0 Å². The molecule has 1 fully saturated rings. The van der Waals surface area contributed by atoms with Crippen LogP contribution in [0.3, 0.4) is 0 Å². The molecule has 0 aromatic heterocycles. The molecule has 2 aromatic carbocycles. The summed E-state index contributed by atoms with van der Waals surface area (Å²) in [6.45, 7) is 4.65. The van der Waals surface area contributed by atoms with Gasteiger partial charge in [-0.1, -0.05) is 24.3 Å². The molecule has 0 atom stereocenters. The number of nitrogens with zero attached hydrogens (tertiary/aromatic N) is 2. The molecule has 2 heteroatoms. The third kappa shape index (κ3) is 2.34. The molecular formula is C19H21N2. The Labute approximate surface area is 127 Å². The van der Waals surface area contributed by atoms with Crippen molar-refractivity contribution in [3.63, 3.8) is 0 Å². The number of hydrogen-bond acceptors (Lipinski definition) is 2. The van der Waals surface area contributed by atoms with Gasteiger partial charge in [0.2, 0.25) is 0 Å². The summed E-state index contributed by atoms with van der Waals surface area (Å²) in [7, 11) is 2.22. The summed E-state index contributed by atoms with van der Waals surface area (Å²) in [4.78, 5) is 4.96. The lowest BCUT2D eigenvalue weighted by Gasteiger charge is -2.23. The highest BCUT2D eigenvalue weighted by Crippen LogP contribution is 2.38. The van der Waals surface area contributed by atoms with E-state index in [-0.39, 0.29) is 0 Å². The van der Waals surface area contributed by atoms with Crippen LogP contribution in [-0.2, 0) is 6.42 Å². The fraction of sp³-hybridized carbons (Fsp3) is 0.368. The van der Waals surface area contributed by atoms with E-state index in [0.29, 0.717) is 0 Å². The third-order valence-corrected chi connectivity index (χ3v) is 4.78. The van der Waals surface area contributed by atoms with Crippen molar-refractivity contribution in [3.05, 3.63) is 53.6 Å². The Morgan fingerprint density at radius 1 is 1.00 bits per heavy atom. The first-order valence-corrected chi connectivity index (χ1v) is 7.87. The fourth-order valence-electron chi connectivity index (χ4n) is 3.53. The molecule has 2 aliphatic rings. The average molecular weight is 277 g/mol. The van der Waals surface area contributed by atoms with Crippen molar-refractivity contribution in [1.82, 2.24) is 4.90 Å². The predicted molar refractivity (Wildman–Crippen MR) is 87.8 cm³/mol. The van der Waals surface area contributed by atoms with Crippen LogP contribution in [0, 0.1) is 6.07 Å². The van der Waals surface area contributed by atoms with Gasteiger partial charge in [0, 0.05) is 25.3 Å². The third-order valence-electron chi connectivity index (χ3n) is 4.78. The van der Waals surface area contributed by atoms with Crippen LogP contribution in [0.2, 0.25) is 0 Å². The summed E-state index contributed by atoms with van der Waals surface area (Å²) in [5.74, 6) is 0. The molecule has 1 heterocycles. The summed E-state index contributed by atoms with van der Waals surface area (Å²) in [6, 6.07) is 16.8. The second-order valence-electron chi connectivity index (χ2n) is 6.22. The van der Waals surface area contributed by atoms with E-state index in [1.807, 2.05) is 6.07 Å². The summed E-state index contributed by atoms with van der Waals surface area (Å²) < 4.78 is 0. The van der Waals surface area contributed by atoms with Crippen LogP contribution in [0.5, 0.6) is 0 Å². The molecule has 2 aromatic rings. The molecule has 0 amide bonds. The molecule has 1 aliphatic carbocycles. The summed E-state index contributed by atoms with van der Waals surface area (Å²) in [6.07, 6.45) is 2.28. The lowest BCUT2D eigenvalue weighted by Crippen LogP contribution is -2.28. The maximum Gasteiger partial charge on any atom is 0.0373 e. The Morgan fingerprint density at radius 2 is 1.95 bits per heavy atom. The number of anilines is 1. The van der Waals surface area contributed by atoms with Crippen molar-refractivity contribution in [2.75, 3.05) is 38.1 Å². The molecule has 21 heavy (non-hydrogen) atoms. The van der Waals surface area contributed by atoms with Crippen molar-refractivity contribution in [3.8, 4) is 11.1 Å². The van der Waals surface area contributed by atoms with Crippen molar-refractivity contribution >= 4 is 5.69 Å². The minimum Gasteiger partial charge on any atom is -0.370 e. The quantitative estimate of drug-likeness (QED) is 0.674. The van der Waals surface area contributed by atoms with E-state index >= 15 is 0 Å². The van der Waals surface area contributed by atoms with Gasteiger partial charge in [0.1, 0.15) is 0 Å². The van der Waals surface area contributed by atoms with Crippen molar-refractivity contribution in [2.24, 2.45) is 0 Å². The second kappa shape index (κ2) is 5.19. The van der Waals surface area contributed by atoms with E-state index in [9.17, 15) is 0 Å². The number of hydrogen-bond donors (Lipinski definition) is 0. The average Bonchev–Trinajstić information content (AvgIpc) is 2.74. The Kier molecular flexibility index (Phi) is 3.19.